The van der Waals surface area contributed by atoms with E-state index in [0.717, 1.165) is 5.56 Å². The highest BCUT2D eigenvalue weighted by Gasteiger charge is 2.61. The number of aliphatic hydroxyl groups excluding tert-OH is 1. The molecule has 1 aliphatic rings. The van der Waals surface area contributed by atoms with Gasteiger partial charge in [0.25, 0.3) is 11.5 Å². The van der Waals surface area contributed by atoms with E-state index in [2.05, 4.69) is 15.3 Å². The minimum Gasteiger partial charge on any atom is -0.387 e. The minimum absolute atomic E-state index is 0.110. The third-order valence-corrected chi connectivity index (χ3v) is 5.65. The van der Waals surface area contributed by atoms with Gasteiger partial charge in [-0.25, -0.2) is 13.8 Å². The van der Waals surface area contributed by atoms with Crippen molar-refractivity contribution in [1.82, 2.24) is 14.5 Å². The van der Waals surface area contributed by atoms with Gasteiger partial charge in [0.1, 0.15) is 11.7 Å². The molecule has 0 spiro atoms. The zero-order valence-electron chi connectivity index (χ0n) is 17.3. The summed E-state index contributed by atoms with van der Waals surface area (Å²) in [5.41, 5.74) is 2.64. The van der Waals surface area contributed by atoms with E-state index in [9.17, 15) is 23.5 Å². The summed E-state index contributed by atoms with van der Waals surface area (Å²) in [7, 11) is 1.59. The number of aryl methyl sites for hydroxylation is 2. The highest BCUT2D eigenvalue weighted by molar-refractivity contribution is 5.96. The van der Waals surface area contributed by atoms with Crippen LogP contribution in [0.25, 0.3) is 22.0 Å². The first kappa shape index (κ1) is 21.0. The fourth-order valence-electron chi connectivity index (χ4n) is 3.59. The molecule has 4 rings (SSSR count). The third kappa shape index (κ3) is 3.81. The van der Waals surface area contributed by atoms with Gasteiger partial charge in [-0.3, -0.25) is 14.6 Å². The first-order valence-electron chi connectivity index (χ1n) is 9.96. The first-order valence-corrected chi connectivity index (χ1v) is 9.96. The molecule has 0 bridgehead atoms. The fourth-order valence-corrected chi connectivity index (χ4v) is 3.59. The van der Waals surface area contributed by atoms with E-state index in [1.807, 2.05) is 13.8 Å². The summed E-state index contributed by atoms with van der Waals surface area (Å²) in [5.74, 6) is -4.97. The zero-order valence-corrected chi connectivity index (χ0v) is 17.3. The Bertz CT molecular complexity index is 1260. The van der Waals surface area contributed by atoms with Gasteiger partial charge in [-0.1, -0.05) is 6.92 Å². The highest BCUT2D eigenvalue weighted by Crippen LogP contribution is 2.49. The molecule has 3 aromatic rings. The Morgan fingerprint density at radius 3 is 2.61 bits per heavy atom. The normalized spacial score (nSPS) is 18.1. The number of nitrogens with zero attached hydrogens (tertiary/aromatic N) is 3. The van der Waals surface area contributed by atoms with Gasteiger partial charge in [0.2, 0.25) is 5.91 Å². The van der Waals surface area contributed by atoms with Crippen molar-refractivity contribution < 1.29 is 18.7 Å². The van der Waals surface area contributed by atoms with Crippen molar-refractivity contribution in [2.75, 3.05) is 5.32 Å². The molecule has 2 atom stereocenters. The highest BCUT2D eigenvalue weighted by atomic mass is 19.3. The molecule has 1 fully saturated rings. The molecule has 1 saturated carbocycles. The maximum Gasteiger partial charge on any atom is 0.260 e. The van der Waals surface area contributed by atoms with Gasteiger partial charge in [0.05, 0.1) is 17.3 Å². The summed E-state index contributed by atoms with van der Waals surface area (Å²) in [6, 6.07) is 4.94. The number of rotatable bonds is 5. The van der Waals surface area contributed by atoms with Crippen LogP contribution in [0.5, 0.6) is 0 Å². The number of halogens is 2. The molecule has 1 aliphatic carbocycles. The van der Waals surface area contributed by atoms with Crippen LogP contribution in [0.3, 0.4) is 0 Å². The third-order valence-electron chi connectivity index (χ3n) is 5.65. The van der Waals surface area contributed by atoms with Gasteiger partial charge in [0, 0.05) is 48.4 Å². The average Bonchev–Trinajstić information content (AvgIpc) is 3.39. The monoisotopic (exact) mass is 428 g/mol. The molecule has 3 heterocycles. The maximum absolute atomic E-state index is 13.1. The molecule has 31 heavy (non-hydrogen) atoms. The van der Waals surface area contributed by atoms with E-state index in [4.69, 9.17) is 0 Å². The molecule has 0 aliphatic heterocycles. The van der Waals surface area contributed by atoms with Crippen molar-refractivity contribution in [3.8, 4) is 11.1 Å². The Kier molecular flexibility index (Phi) is 5.09. The van der Waals surface area contributed by atoms with E-state index < -0.39 is 30.3 Å². The van der Waals surface area contributed by atoms with Crippen LogP contribution in [0.15, 0.2) is 35.4 Å². The molecule has 7 nitrogen and oxygen atoms in total. The van der Waals surface area contributed by atoms with E-state index >= 15 is 0 Å². The van der Waals surface area contributed by atoms with E-state index in [-0.39, 0.29) is 11.4 Å². The van der Waals surface area contributed by atoms with Crippen LogP contribution in [0.1, 0.15) is 37.1 Å². The number of amides is 1. The molecule has 9 heteroatoms. The lowest BCUT2D eigenvalue weighted by atomic mass is 10.0. The van der Waals surface area contributed by atoms with Crippen molar-refractivity contribution in [2.45, 2.75) is 38.7 Å². The number of hydrogen-bond acceptors (Lipinski definition) is 5. The summed E-state index contributed by atoms with van der Waals surface area (Å²) < 4.78 is 27.6. The molecule has 0 saturated heterocycles. The number of anilines is 1. The molecule has 162 valence electrons. The Morgan fingerprint density at radius 2 is 2.00 bits per heavy atom. The van der Waals surface area contributed by atoms with E-state index in [0.29, 0.717) is 34.1 Å². The van der Waals surface area contributed by atoms with E-state index in [1.54, 1.807) is 25.4 Å². The number of fused-ring (bicyclic) bond motifs is 1. The lowest BCUT2D eigenvalue weighted by molar-refractivity contribution is -0.119. The molecule has 1 amide bonds. The van der Waals surface area contributed by atoms with Gasteiger partial charge in [0.15, 0.2) is 0 Å². The van der Waals surface area contributed by atoms with Crippen LogP contribution >= 0.6 is 0 Å². The van der Waals surface area contributed by atoms with Crippen molar-refractivity contribution >= 4 is 22.6 Å². The number of hydrogen-bond donors (Lipinski definition) is 2. The van der Waals surface area contributed by atoms with Gasteiger partial charge in [-0.05, 0) is 31.0 Å². The number of nitrogens with one attached hydrogen (secondary N) is 1. The van der Waals surface area contributed by atoms with Crippen molar-refractivity contribution in [2.24, 2.45) is 13.0 Å². The molecule has 3 aromatic heterocycles. The summed E-state index contributed by atoms with van der Waals surface area (Å²) in [5, 5.41) is 13.0. The number of carbonyl (C=O) groups is 1. The zero-order chi connectivity index (χ0) is 22.5. The lowest BCUT2D eigenvalue weighted by Crippen LogP contribution is -2.21. The number of carbonyl (C=O) groups excluding carboxylic acids is 1. The van der Waals surface area contributed by atoms with Crippen LogP contribution in [-0.2, 0) is 11.8 Å². The maximum atomic E-state index is 13.1. The van der Waals surface area contributed by atoms with Gasteiger partial charge < -0.3 is 15.0 Å². The van der Waals surface area contributed by atoms with Crippen LogP contribution in [0, 0.1) is 12.8 Å². The van der Waals surface area contributed by atoms with E-state index in [1.165, 1.54) is 16.8 Å². The molecule has 2 N–H and O–H groups in total. The Labute approximate surface area is 176 Å². The lowest BCUT2D eigenvalue weighted by Gasteiger charge is -2.14. The topological polar surface area (TPSA) is 97.1 Å². The van der Waals surface area contributed by atoms with Crippen molar-refractivity contribution in [3.63, 3.8) is 0 Å². The Hall–Kier alpha value is -3.20. The molecular weight excluding hydrogens is 406 g/mol. The minimum atomic E-state index is -2.96. The molecule has 0 aromatic carbocycles. The molecule has 0 unspecified atom stereocenters. The van der Waals surface area contributed by atoms with Gasteiger partial charge >= 0.3 is 0 Å². The summed E-state index contributed by atoms with van der Waals surface area (Å²) in [6.07, 6.45) is 2.46. The molecular formula is C22H22F2N4O3. The first-order chi connectivity index (χ1) is 14.6. The second-order valence-electron chi connectivity index (χ2n) is 7.91. The van der Waals surface area contributed by atoms with Crippen LogP contribution in [-0.4, -0.2) is 31.5 Å². The van der Waals surface area contributed by atoms with Crippen LogP contribution in [0.2, 0.25) is 0 Å². The predicted molar refractivity (Wildman–Crippen MR) is 112 cm³/mol. The second kappa shape index (κ2) is 7.49. The number of alkyl halides is 2. The number of aliphatic hydroxyl groups is 1. The standard InChI is InChI=1S/C22H22F2N4O3/c1-4-18(29)16-5-11(2)14(10-25-16)13-6-12-9-26-19(7-17(12)28(3)21(13)31)27-20(30)15-8-22(15,23)24/h5-7,9-10,15,18,29H,4,8H2,1-3H3,(H,26,27,30)/t15-,18+/m0/s1. The van der Waals surface area contributed by atoms with Gasteiger partial charge in [-0.15, -0.1) is 0 Å². The van der Waals surface area contributed by atoms with Gasteiger partial charge in [-0.2, -0.15) is 0 Å². The number of aromatic nitrogens is 3. The van der Waals surface area contributed by atoms with Crippen molar-refractivity contribution in [1.29, 1.82) is 0 Å². The Morgan fingerprint density at radius 1 is 1.29 bits per heavy atom. The fraction of sp³-hybridized carbons (Fsp3) is 0.364. The largest absolute Gasteiger partial charge is 0.387 e. The SMILES string of the molecule is CC[C@@H](O)c1cc(C)c(-c2cc3cnc(NC(=O)[C@@H]4CC4(F)F)cc3n(C)c2=O)cn1. The van der Waals surface area contributed by atoms with Crippen LogP contribution in [0.4, 0.5) is 14.6 Å². The Balaban J connectivity index is 1.71. The predicted octanol–water partition coefficient (Wildman–Crippen LogP) is 3.34. The summed E-state index contributed by atoms with van der Waals surface area (Å²) >= 11 is 0. The quantitative estimate of drug-likeness (QED) is 0.650. The smallest absolute Gasteiger partial charge is 0.260 e. The molecule has 0 radical (unpaired) electrons. The number of pyridine rings is 3. The van der Waals surface area contributed by atoms with Crippen LogP contribution < -0.4 is 10.9 Å². The van der Waals surface area contributed by atoms with Crippen molar-refractivity contribution in [3.05, 3.63) is 52.2 Å². The summed E-state index contributed by atoms with van der Waals surface area (Å²) in [6.45, 7) is 3.70. The summed E-state index contributed by atoms with van der Waals surface area (Å²) in [4.78, 5) is 33.4. The second-order valence-corrected chi connectivity index (χ2v) is 7.91. The average molecular weight is 428 g/mol.